The Morgan fingerprint density at radius 1 is 1.14 bits per heavy atom. The zero-order valence-corrected chi connectivity index (χ0v) is 9.52. The maximum atomic E-state index is 11.1. The van der Waals surface area contributed by atoms with Crippen LogP contribution >= 0.6 is 22.6 Å². The van der Waals surface area contributed by atoms with E-state index < -0.39 is 5.97 Å². The van der Waals surface area contributed by atoms with Crippen molar-refractivity contribution in [1.82, 2.24) is 6.15 Å². The molecule has 0 aliphatic carbocycles. The van der Waals surface area contributed by atoms with Gasteiger partial charge < -0.3 is 11.3 Å². The maximum absolute atomic E-state index is 11.1. The number of ketones is 1. The Kier molecular flexibility index (Phi) is 5.32. The molecule has 4 N–H and O–H groups in total. The van der Waals surface area contributed by atoms with Gasteiger partial charge in [0, 0.05) is 5.56 Å². The molecule has 5 heteroatoms. The van der Waals surface area contributed by atoms with Crippen LogP contribution in [0.5, 0.6) is 0 Å². The number of Topliss-reactive ketones (excluding diaryl/α,β-unsaturated/α-hetero) is 1. The highest BCUT2D eigenvalue weighted by atomic mass is 127. The topological polar surface area (TPSA) is 89.4 Å². The Labute approximate surface area is 95.0 Å². The molecule has 0 saturated carbocycles. The molecule has 1 rings (SSSR count). The van der Waals surface area contributed by atoms with Gasteiger partial charge in [0.1, 0.15) is 0 Å². The first-order chi connectivity index (χ1) is 6.15. The molecule has 14 heavy (non-hydrogen) atoms. The highest BCUT2D eigenvalue weighted by molar-refractivity contribution is 14.1. The van der Waals surface area contributed by atoms with Gasteiger partial charge in [0.05, 0.1) is 9.99 Å². The number of aromatic carboxylic acids is 1. The monoisotopic (exact) mass is 307 g/mol. The van der Waals surface area contributed by atoms with Crippen molar-refractivity contribution in [1.29, 1.82) is 0 Å². The van der Waals surface area contributed by atoms with Crippen molar-refractivity contribution in [2.24, 2.45) is 0 Å². The normalized spacial score (nSPS) is 8.93. The summed E-state index contributed by atoms with van der Waals surface area (Å²) in [5.41, 5.74) is 0.754. The van der Waals surface area contributed by atoms with Gasteiger partial charge in [0.15, 0.2) is 5.78 Å². The van der Waals surface area contributed by atoms with Crippen LogP contribution in [0, 0.1) is 0 Å². The molecule has 0 heterocycles. The molecule has 0 aliphatic rings. The van der Waals surface area contributed by atoms with E-state index in [9.17, 15) is 9.59 Å². The summed E-state index contributed by atoms with van der Waals surface area (Å²) < 4.78 is 0.407. The molecule has 0 atom stereocenters. The number of halogens is 1. The number of carboxylic acids is 1. The Balaban J connectivity index is 0.00000169. The van der Waals surface area contributed by atoms with Crippen LogP contribution in [0.25, 0.3) is 0 Å². The number of benzene rings is 1. The molecule has 0 radical (unpaired) electrons. The summed E-state index contributed by atoms with van der Waals surface area (Å²) in [5, 5.41) is 8.59. The lowest BCUT2D eigenvalue weighted by atomic mass is 10.1. The summed E-state index contributed by atoms with van der Waals surface area (Å²) in [6, 6.07) is 5.93. The first-order valence-electron chi connectivity index (χ1n) is 3.57. The lowest BCUT2D eigenvalue weighted by Crippen LogP contribution is -2.01. The van der Waals surface area contributed by atoms with E-state index in [0.717, 1.165) is 0 Å². The lowest BCUT2D eigenvalue weighted by molar-refractivity contribution is 0.0696. The fourth-order valence-corrected chi connectivity index (χ4v) is 1.32. The van der Waals surface area contributed by atoms with Gasteiger partial charge in [0.25, 0.3) is 0 Å². The van der Waals surface area contributed by atoms with Crippen molar-refractivity contribution in [2.75, 3.05) is 4.43 Å². The van der Waals surface area contributed by atoms with E-state index in [-0.39, 0.29) is 17.5 Å². The largest absolute Gasteiger partial charge is 0.478 e. The Morgan fingerprint density at radius 2 is 1.57 bits per heavy atom. The molecular formula is C9H10INO3. The third-order valence-corrected chi connectivity index (χ3v) is 2.27. The highest BCUT2D eigenvalue weighted by Gasteiger charge is 2.05. The summed E-state index contributed by atoms with van der Waals surface area (Å²) in [7, 11) is 0. The Hall–Kier alpha value is -0.950. The second-order valence-corrected chi connectivity index (χ2v) is 3.20. The summed E-state index contributed by atoms with van der Waals surface area (Å²) in [5.74, 6) is -0.967. The molecule has 0 aliphatic heterocycles. The summed E-state index contributed by atoms with van der Waals surface area (Å²) in [6.07, 6.45) is 0. The molecular weight excluding hydrogens is 297 g/mol. The van der Waals surface area contributed by atoms with Crippen molar-refractivity contribution < 1.29 is 14.7 Å². The summed E-state index contributed by atoms with van der Waals surface area (Å²) in [4.78, 5) is 21.6. The van der Waals surface area contributed by atoms with E-state index >= 15 is 0 Å². The zero-order chi connectivity index (χ0) is 9.84. The smallest absolute Gasteiger partial charge is 0.335 e. The predicted molar refractivity (Wildman–Crippen MR) is 61.6 cm³/mol. The maximum Gasteiger partial charge on any atom is 0.335 e. The van der Waals surface area contributed by atoms with Gasteiger partial charge in [-0.2, -0.15) is 0 Å². The van der Waals surface area contributed by atoms with Crippen LogP contribution in [0.1, 0.15) is 20.7 Å². The SMILES string of the molecule is N.O=C(O)c1ccc(C(=O)CI)cc1. The third kappa shape index (κ3) is 3.08. The average Bonchev–Trinajstić information content (AvgIpc) is 2.17. The van der Waals surface area contributed by atoms with Gasteiger partial charge in [-0.1, -0.05) is 34.7 Å². The number of carbonyl (C=O) groups excluding carboxylic acids is 1. The van der Waals surface area contributed by atoms with Crippen LogP contribution in [0.4, 0.5) is 0 Å². The number of carbonyl (C=O) groups is 2. The van der Waals surface area contributed by atoms with E-state index in [1.807, 2.05) is 22.6 Å². The van der Waals surface area contributed by atoms with E-state index in [0.29, 0.717) is 9.99 Å². The second kappa shape index (κ2) is 5.71. The van der Waals surface area contributed by atoms with Crippen LogP contribution in [-0.2, 0) is 0 Å². The second-order valence-electron chi connectivity index (χ2n) is 2.44. The molecule has 0 saturated heterocycles. The van der Waals surface area contributed by atoms with Gasteiger partial charge >= 0.3 is 5.97 Å². The van der Waals surface area contributed by atoms with E-state index in [1.165, 1.54) is 24.3 Å². The molecule has 0 fully saturated rings. The molecule has 0 amide bonds. The Morgan fingerprint density at radius 3 is 1.93 bits per heavy atom. The predicted octanol–water partition coefficient (Wildman–Crippen LogP) is 2.16. The fraction of sp³-hybridized carbons (Fsp3) is 0.111. The molecule has 0 bridgehead atoms. The minimum absolute atomic E-state index is 0. The van der Waals surface area contributed by atoms with Gasteiger partial charge in [-0.25, -0.2) is 4.79 Å². The minimum atomic E-state index is -0.978. The summed E-state index contributed by atoms with van der Waals surface area (Å²) in [6.45, 7) is 0. The van der Waals surface area contributed by atoms with Crippen LogP contribution in [0.3, 0.4) is 0 Å². The summed E-state index contributed by atoms with van der Waals surface area (Å²) >= 11 is 1.97. The quantitative estimate of drug-likeness (QED) is 0.509. The van der Waals surface area contributed by atoms with Crippen molar-refractivity contribution in [3.8, 4) is 0 Å². The van der Waals surface area contributed by atoms with Crippen molar-refractivity contribution >= 4 is 34.3 Å². The Bertz CT molecular complexity index is 334. The standard InChI is InChI=1S/C9H7IO3.H3N/c10-5-8(11)6-1-3-7(4-2-6)9(12)13;/h1-4H,5H2,(H,12,13);1H3. The minimum Gasteiger partial charge on any atom is -0.478 e. The number of hydrogen-bond donors (Lipinski definition) is 2. The molecule has 0 spiro atoms. The number of carboxylic acid groups (broad SMARTS) is 1. The van der Waals surface area contributed by atoms with Crippen molar-refractivity contribution in [3.05, 3.63) is 35.4 Å². The van der Waals surface area contributed by atoms with E-state index in [4.69, 9.17) is 5.11 Å². The number of alkyl halides is 1. The van der Waals surface area contributed by atoms with Crippen LogP contribution < -0.4 is 6.15 Å². The fourth-order valence-electron chi connectivity index (χ4n) is 0.876. The number of rotatable bonds is 3. The number of hydrogen-bond acceptors (Lipinski definition) is 3. The zero-order valence-electron chi connectivity index (χ0n) is 7.37. The van der Waals surface area contributed by atoms with Crippen LogP contribution in [0.15, 0.2) is 24.3 Å². The van der Waals surface area contributed by atoms with Gasteiger partial charge in [-0.05, 0) is 12.1 Å². The average molecular weight is 307 g/mol. The van der Waals surface area contributed by atoms with Crippen molar-refractivity contribution in [3.63, 3.8) is 0 Å². The van der Waals surface area contributed by atoms with Gasteiger partial charge in [-0.3, -0.25) is 4.79 Å². The molecule has 0 unspecified atom stereocenters. The molecule has 4 nitrogen and oxygen atoms in total. The molecule has 1 aromatic rings. The molecule has 0 aromatic heterocycles. The highest BCUT2D eigenvalue weighted by Crippen LogP contribution is 2.06. The first kappa shape index (κ1) is 13.1. The molecule has 76 valence electrons. The van der Waals surface area contributed by atoms with Crippen molar-refractivity contribution in [2.45, 2.75) is 0 Å². The van der Waals surface area contributed by atoms with Crippen LogP contribution in [-0.4, -0.2) is 21.3 Å². The first-order valence-corrected chi connectivity index (χ1v) is 5.10. The third-order valence-electron chi connectivity index (χ3n) is 1.58. The van der Waals surface area contributed by atoms with Crippen LogP contribution in [0.2, 0.25) is 0 Å². The molecule has 1 aromatic carbocycles. The van der Waals surface area contributed by atoms with Gasteiger partial charge in [0.2, 0.25) is 0 Å². The van der Waals surface area contributed by atoms with Gasteiger partial charge in [-0.15, -0.1) is 0 Å². The van der Waals surface area contributed by atoms with E-state index in [1.54, 1.807) is 0 Å². The lowest BCUT2D eigenvalue weighted by Gasteiger charge is -1.97. The van der Waals surface area contributed by atoms with E-state index in [2.05, 4.69) is 0 Å².